The number of para-hydroxylation sites is 1. The highest BCUT2D eigenvalue weighted by atomic mass is 16.1. The van der Waals surface area contributed by atoms with Gasteiger partial charge in [0.15, 0.2) is 0 Å². The lowest BCUT2D eigenvalue weighted by Crippen LogP contribution is -2.32. The van der Waals surface area contributed by atoms with Crippen LogP contribution in [-0.4, -0.2) is 28.0 Å². The molecule has 0 unspecified atom stereocenters. The summed E-state index contributed by atoms with van der Waals surface area (Å²) in [6.45, 7) is 9.89. The number of fused-ring (bicyclic) bond motifs is 1. The first kappa shape index (κ1) is 17.9. The number of aryl methyl sites for hydroxylation is 2. The van der Waals surface area contributed by atoms with E-state index in [1.165, 1.54) is 24.0 Å². The largest absolute Gasteiger partial charge is 0.306 e. The quantitative estimate of drug-likeness (QED) is 0.750. The molecule has 1 aromatic heterocycles. The van der Waals surface area contributed by atoms with Gasteiger partial charge in [0.05, 0.1) is 10.9 Å². The third kappa shape index (κ3) is 3.67. The first-order valence-electron chi connectivity index (χ1n) is 9.83. The standard InChI is InChI=1S/C23H27N3O/c1-15-8-10-26(11-9-15)14-18-13-20(17(3)12-16(18)2)22-24-21-7-5-4-6-19(21)23(27)25-22/h4-7,12-13,15H,8-11,14H2,1-3H3,(H,24,25,27). The van der Waals surface area contributed by atoms with Crippen molar-refractivity contribution in [1.29, 1.82) is 0 Å². The molecule has 1 fully saturated rings. The summed E-state index contributed by atoms with van der Waals surface area (Å²) in [5.74, 6) is 1.49. The van der Waals surface area contributed by atoms with Crippen LogP contribution >= 0.6 is 0 Å². The minimum Gasteiger partial charge on any atom is -0.306 e. The number of aromatic nitrogens is 2. The summed E-state index contributed by atoms with van der Waals surface area (Å²) < 4.78 is 0. The Morgan fingerprint density at radius 1 is 1.11 bits per heavy atom. The Balaban J connectivity index is 1.72. The molecule has 3 aromatic rings. The van der Waals surface area contributed by atoms with Crippen LogP contribution in [0.3, 0.4) is 0 Å². The highest BCUT2D eigenvalue weighted by Gasteiger charge is 2.18. The van der Waals surface area contributed by atoms with Crippen LogP contribution in [0.15, 0.2) is 41.2 Å². The van der Waals surface area contributed by atoms with E-state index in [9.17, 15) is 4.79 Å². The van der Waals surface area contributed by atoms with Crippen molar-refractivity contribution in [3.8, 4) is 11.4 Å². The summed E-state index contributed by atoms with van der Waals surface area (Å²) in [5.41, 5.74) is 5.44. The van der Waals surface area contributed by atoms with Crippen molar-refractivity contribution in [1.82, 2.24) is 14.9 Å². The molecule has 0 saturated carbocycles. The van der Waals surface area contributed by atoms with Gasteiger partial charge < -0.3 is 4.98 Å². The summed E-state index contributed by atoms with van der Waals surface area (Å²) in [4.78, 5) is 22.7. The summed E-state index contributed by atoms with van der Waals surface area (Å²) in [6, 6.07) is 11.9. The predicted molar refractivity (Wildman–Crippen MR) is 111 cm³/mol. The van der Waals surface area contributed by atoms with E-state index in [1.54, 1.807) is 0 Å². The highest BCUT2D eigenvalue weighted by Crippen LogP contribution is 2.26. The van der Waals surface area contributed by atoms with E-state index in [0.717, 1.165) is 42.2 Å². The molecule has 2 aromatic carbocycles. The van der Waals surface area contributed by atoms with Gasteiger partial charge in [0, 0.05) is 12.1 Å². The lowest BCUT2D eigenvalue weighted by atomic mass is 9.96. The molecule has 1 saturated heterocycles. The Labute approximate surface area is 160 Å². The van der Waals surface area contributed by atoms with Crippen LogP contribution in [0.4, 0.5) is 0 Å². The topological polar surface area (TPSA) is 49.0 Å². The molecule has 27 heavy (non-hydrogen) atoms. The normalized spacial score (nSPS) is 16.1. The van der Waals surface area contributed by atoms with Crippen molar-refractivity contribution >= 4 is 10.9 Å². The monoisotopic (exact) mass is 361 g/mol. The summed E-state index contributed by atoms with van der Waals surface area (Å²) in [6.07, 6.45) is 2.55. The van der Waals surface area contributed by atoms with Gasteiger partial charge in [-0.1, -0.05) is 25.1 Å². The molecular weight excluding hydrogens is 334 g/mol. The third-order valence-electron chi connectivity index (χ3n) is 5.82. The Kier molecular flexibility index (Phi) is 4.83. The Morgan fingerprint density at radius 3 is 2.63 bits per heavy atom. The number of rotatable bonds is 3. The van der Waals surface area contributed by atoms with E-state index in [1.807, 2.05) is 24.3 Å². The first-order valence-corrected chi connectivity index (χ1v) is 9.83. The maximum absolute atomic E-state index is 12.5. The van der Waals surface area contributed by atoms with Crippen LogP contribution in [0.1, 0.15) is 36.5 Å². The number of likely N-dealkylation sites (tertiary alicyclic amines) is 1. The molecule has 1 aliphatic heterocycles. The molecule has 4 nitrogen and oxygen atoms in total. The van der Waals surface area contributed by atoms with E-state index in [2.05, 4.69) is 42.8 Å². The molecule has 2 heterocycles. The van der Waals surface area contributed by atoms with E-state index in [-0.39, 0.29) is 5.56 Å². The Morgan fingerprint density at radius 2 is 1.85 bits per heavy atom. The highest BCUT2D eigenvalue weighted by molar-refractivity contribution is 5.79. The van der Waals surface area contributed by atoms with Gasteiger partial charge in [-0.05, 0) is 80.6 Å². The van der Waals surface area contributed by atoms with Crippen molar-refractivity contribution in [3.05, 3.63) is 63.4 Å². The van der Waals surface area contributed by atoms with E-state index in [0.29, 0.717) is 11.2 Å². The van der Waals surface area contributed by atoms with Crippen molar-refractivity contribution in [2.75, 3.05) is 13.1 Å². The van der Waals surface area contributed by atoms with Gasteiger partial charge in [-0.3, -0.25) is 9.69 Å². The number of aromatic amines is 1. The predicted octanol–water partition coefficient (Wildman–Crippen LogP) is 4.44. The van der Waals surface area contributed by atoms with Gasteiger partial charge in [-0.2, -0.15) is 0 Å². The minimum absolute atomic E-state index is 0.0813. The van der Waals surface area contributed by atoms with Gasteiger partial charge in [0.1, 0.15) is 5.82 Å². The second-order valence-electron chi connectivity index (χ2n) is 7.98. The van der Waals surface area contributed by atoms with Crippen molar-refractivity contribution in [2.24, 2.45) is 5.92 Å². The maximum atomic E-state index is 12.5. The SMILES string of the molecule is Cc1cc(C)c(-c2nc3ccccc3c(=O)[nH]2)cc1CN1CCC(C)CC1. The van der Waals surface area contributed by atoms with Crippen LogP contribution in [0.2, 0.25) is 0 Å². The minimum atomic E-state index is -0.0813. The number of nitrogens with zero attached hydrogens (tertiary/aromatic N) is 2. The molecule has 0 spiro atoms. The third-order valence-corrected chi connectivity index (χ3v) is 5.82. The van der Waals surface area contributed by atoms with Crippen LogP contribution in [0.25, 0.3) is 22.3 Å². The molecule has 0 amide bonds. The van der Waals surface area contributed by atoms with Gasteiger partial charge in [0.2, 0.25) is 0 Å². The molecule has 1 aliphatic rings. The molecule has 140 valence electrons. The molecule has 0 radical (unpaired) electrons. The fourth-order valence-electron chi connectivity index (χ4n) is 4.00. The number of nitrogens with one attached hydrogen (secondary N) is 1. The van der Waals surface area contributed by atoms with E-state index >= 15 is 0 Å². The Hall–Kier alpha value is -2.46. The number of piperidine rings is 1. The van der Waals surface area contributed by atoms with Crippen molar-refractivity contribution < 1.29 is 0 Å². The van der Waals surface area contributed by atoms with Gasteiger partial charge in [-0.15, -0.1) is 0 Å². The second-order valence-corrected chi connectivity index (χ2v) is 7.98. The van der Waals surface area contributed by atoms with Crippen LogP contribution in [0.5, 0.6) is 0 Å². The Bertz CT molecular complexity index is 1030. The van der Waals surface area contributed by atoms with Crippen molar-refractivity contribution in [2.45, 2.75) is 40.2 Å². The zero-order valence-electron chi connectivity index (χ0n) is 16.4. The average Bonchev–Trinajstić information content (AvgIpc) is 2.65. The lowest BCUT2D eigenvalue weighted by molar-refractivity contribution is 0.185. The molecule has 0 aliphatic carbocycles. The number of hydrogen-bond donors (Lipinski definition) is 1. The second kappa shape index (κ2) is 7.28. The van der Waals surface area contributed by atoms with Crippen LogP contribution < -0.4 is 5.56 Å². The molecule has 4 rings (SSSR count). The smallest absolute Gasteiger partial charge is 0.259 e. The summed E-state index contributed by atoms with van der Waals surface area (Å²) in [7, 11) is 0. The maximum Gasteiger partial charge on any atom is 0.259 e. The van der Waals surface area contributed by atoms with Crippen molar-refractivity contribution in [3.63, 3.8) is 0 Å². The number of hydrogen-bond acceptors (Lipinski definition) is 3. The molecule has 4 heteroatoms. The summed E-state index contributed by atoms with van der Waals surface area (Å²) in [5, 5.41) is 0.633. The molecule has 1 N–H and O–H groups in total. The fraction of sp³-hybridized carbons (Fsp3) is 0.391. The molecular formula is C23H27N3O. The average molecular weight is 361 g/mol. The first-order chi connectivity index (χ1) is 13.0. The van der Waals surface area contributed by atoms with Gasteiger partial charge in [0.25, 0.3) is 5.56 Å². The number of benzene rings is 2. The van der Waals surface area contributed by atoms with E-state index < -0.39 is 0 Å². The fourth-order valence-corrected chi connectivity index (χ4v) is 4.00. The van der Waals surface area contributed by atoms with Gasteiger partial charge in [-0.25, -0.2) is 4.98 Å². The van der Waals surface area contributed by atoms with Crippen LogP contribution in [0, 0.1) is 19.8 Å². The lowest BCUT2D eigenvalue weighted by Gasteiger charge is -2.30. The van der Waals surface area contributed by atoms with Gasteiger partial charge >= 0.3 is 0 Å². The zero-order chi connectivity index (χ0) is 19.0. The number of H-pyrrole nitrogens is 1. The van der Waals surface area contributed by atoms with Crippen LogP contribution in [-0.2, 0) is 6.54 Å². The molecule has 0 atom stereocenters. The molecule has 0 bridgehead atoms. The zero-order valence-corrected chi connectivity index (χ0v) is 16.4. The summed E-state index contributed by atoms with van der Waals surface area (Å²) >= 11 is 0. The van der Waals surface area contributed by atoms with E-state index in [4.69, 9.17) is 4.98 Å².